The Morgan fingerprint density at radius 1 is 1.30 bits per heavy atom. The van der Waals surface area contributed by atoms with Crippen LogP contribution in [0.3, 0.4) is 0 Å². The first kappa shape index (κ1) is 22.1. The predicted molar refractivity (Wildman–Crippen MR) is 82.8 cm³/mol. The van der Waals surface area contributed by atoms with Crippen LogP contribution in [0.2, 0.25) is 0 Å². The van der Waals surface area contributed by atoms with E-state index < -0.39 is 37.0 Å². The maximum absolute atomic E-state index is 11.1. The number of aliphatic hydroxyl groups excluding tert-OH is 2. The highest BCUT2D eigenvalue weighted by Crippen LogP contribution is 2.25. The summed E-state index contributed by atoms with van der Waals surface area (Å²) in [5, 5.41) is 38.4. The predicted octanol–water partition coefficient (Wildman–Crippen LogP) is -1.98. The standard InChI is InChI=1S/C14H28N2O7/c1-10(6-16-5-4-15)11(7-17)22-12(8-18)23-14(3,21)13(2,20)9-19/h6,8,10-12,17,19-21H,4-5,7,9,15H2,1-3H3. The highest BCUT2D eigenvalue weighted by molar-refractivity contribution is 5.61. The van der Waals surface area contributed by atoms with Crippen molar-refractivity contribution in [2.75, 3.05) is 26.3 Å². The Bertz CT molecular complexity index is 374. The summed E-state index contributed by atoms with van der Waals surface area (Å²) in [6.45, 7) is 3.53. The molecule has 0 amide bonds. The van der Waals surface area contributed by atoms with Gasteiger partial charge in [-0.1, -0.05) is 6.92 Å². The maximum Gasteiger partial charge on any atom is 0.217 e. The Hall–Kier alpha value is -0.940. The van der Waals surface area contributed by atoms with Gasteiger partial charge in [0.1, 0.15) is 5.60 Å². The van der Waals surface area contributed by atoms with E-state index in [-0.39, 0.29) is 12.2 Å². The molecule has 9 nitrogen and oxygen atoms in total. The lowest BCUT2D eigenvalue weighted by molar-refractivity contribution is -0.340. The first-order chi connectivity index (χ1) is 10.6. The molecular formula is C14H28N2O7. The van der Waals surface area contributed by atoms with E-state index in [1.54, 1.807) is 6.92 Å². The van der Waals surface area contributed by atoms with Gasteiger partial charge >= 0.3 is 0 Å². The Balaban J connectivity index is 4.87. The average Bonchev–Trinajstić information content (AvgIpc) is 2.50. The number of nitrogens with two attached hydrogens (primary N) is 1. The summed E-state index contributed by atoms with van der Waals surface area (Å²) in [6, 6.07) is 0. The van der Waals surface area contributed by atoms with Crippen molar-refractivity contribution in [3.63, 3.8) is 0 Å². The molecule has 0 saturated heterocycles. The van der Waals surface area contributed by atoms with Gasteiger partial charge in [-0.2, -0.15) is 0 Å². The van der Waals surface area contributed by atoms with Crippen LogP contribution in [-0.2, 0) is 14.3 Å². The van der Waals surface area contributed by atoms with E-state index in [9.17, 15) is 20.1 Å². The van der Waals surface area contributed by atoms with E-state index in [2.05, 4.69) is 4.99 Å². The number of carbonyl (C=O) groups is 1. The average molecular weight is 336 g/mol. The minimum absolute atomic E-state index is 0.272. The number of aldehydes is 1. The van der Waals surface area contributed by atoms with Gasteiger partial charge in [-0.3, -0.25) is 9.79 Å². The molecule has 9 heteroatoms. The lowest BCUT2D eigenvalue weighted by Crippen LogP contribution is -2.56. The number of nitrogens with zero attached hydrogens (tertiary/aromatic N) is 1. The second-order valence-electron chi connectivity index (χ2n) is 5.60. The van der Waals surface area contributed by atoms with Crippen LogP contribution in [0.25, 0.3) is 0 Å². The molecule has 0 spiro atoms. The second-order valence-corrected chi connectivity index (χ2v) is 5.60. The fraction of sp³-hybridized carbons (Fsp3) is 0.857. The summed E-state index contributed by atoms with van der Waals surface area (Å²) in [6.07, 6.45) is -0.557. The van der Waals surface area contributed by atoms with Gasteiger partial charge in [-0.15, -0.1) is 0 Å². The SMILES string of the molecule is CC(C=NCCN)C(CO)OC(C=O)OC(C)(O)C(C)(O)CO. The van der Waals surface area contributed by atoms with Gasteiger partial charge in [-0.25, -0.2) is 0 Å². The molecule has 23 heavy (non-hydrogen) atoms. The van der Waals surface area contributed by atoms with Crippen molar-refractivity contribution in [3.8, 4) is 0 Å². The number of hydrogen-bond donors (Lipinski definition) is 5. The van der Waals surface area contributed by atoms with Crippen molar-refractivity contribution in [1.29, 1.82) is 0 Å². The van der Waals surface area contributed by atoms with Crippen molar-refractivity contribution in [1.82, 2.24) is 0 Å². The quantitative estimate of drug-likeness (QED) is 0.156. The van der Waals surface area contributed by atoms with E-state index in [0.29, 0.717) is 13.1 Å². The zero-order valence-electron chi connectivity index (χ0n) is 13.8. The van der Waals surface area contributed by atoms with Crippen LogP contribution in [0.15, 0.2) is 4.99 Å². The molecule has 5 unspecified atom stereocenters. The highest BCUT2D eigenvalue weighted by atomic mass is 16.8. The first-order valence-electron chi connectivity index (χ1n) is 7.30. The maximum atomic E-state index is 11.1. The minimum atomic E-state index is -2.25. The number of hydrogen-bond acceptors (Lipinski definition) is 9. The Morgan fingerprint density at radius 3 is 2.35 bits per heavy atom. The Labute approximate surface area is 135 Å². The monoisotopic (exact) mass is 336 g/mol. The molecule has 0 aliphatic rings. The Morgan fingerprint density at radius 2 is 1.91 bits per heavy atom. The van der Waals surface area contributed by atoms with Crippen LogP contribution in [0.1, 0.15) is 20.8 Å². The van der Waals surface area contributed by atoms with Gasteiger partial charge in [0.15, 0.2) is 12.1 Å². The molecule has 0 aromatic carbocycles. The molecule has 0 aromatic heterocycles. The zero-order valence-corrected chi connectivity index (χ0v) is 13.8. The minimum Gasteiger partial charge on any atom is -0.394 e. The fourth-order valence-corrected chi connectivity index (χ4v) is 1.50. The summed E-state index contributed by atoms with van der Waals surface area (Å²) in [7, 11) is 0. The number of aliphatic imine (C=N–C) groups is 1. The third kappa shape index (κ3) is 7.00. The number of ether oxygens (including phenoxy) is 2. The molecule has 5 atom stereocenters. The Kier molecular flexibility index (Phi) is 9.63. The normalized spacial score (nSPS) is 21.4. The van der Waals surface area contributed by atoms with Crippen molar-refractivity contribution >= 4 is 12.5 Å². The van der Waals surface area contributed by atoms with Gasteiger partial charge in [0.05, 0.1) is 25.9 Å². The third-order valence-electron chi connectivity index (χ3n) is 3.44. The molecule has 0 radical (unpaired) electrons. The summed E-state index contributed by atoms with van der Waals surface area (Å²) in [5.41, 5.74) is 3.30. The van der Waals surface area contributed by atoms with Crippen LogP contribution < -0.4 is 5.73 Å². The summed E-state index contributed by atoms with van der Waals surface area (Å²) in [5.74, 6) is -2.59. The van der Waals surface area contributed by atoms with Gasteiger partial charge in [-0.05, 0) is 13.8 Å². The topological polar surface area (TPSA) is 155 Å². The molecule has 0 aliphatic carbocycles. The molecule has 0 fully saturated rings. The van der Waals surface area contributed by atoms with E-state index in [4.69, 9.17) is 20.3 Å². The largest absolute Gasteiger partial charge is 0.394 e. The first-order valence-corrected chi connectivity index (χ1v) is 7.30. The summed E-state index contributed by atoms with van der Waals surface area (Å²) < 4.78 is 10.3. The lowest BCUT2D eigenvalue weighted by Gasteiger charge is -2.38. The van der Waals surface area contributed by atoms with E-state index in [1.807, 2.05) is 0 Å². The van der Waals surface area contributed by atoms with Gasteiger partial charge in [0, 0.05) is 18.7 Å². The number of aliphatic hydroxyl groups is 4. The molecule has 0 saturated carbocycles. The fourth-order valence-electron chi connectivity index (χ4n) is 1.50. The molecule has 0 heterocycles. The lowest BCUT2D eigenvalue weighted by atomic mass is 9.98. The second kappa shape index (κ2) is 10.0. The highest BCUT2D eigenvalue weighted by Gasteiger charge is 2.45. The van der Waals surface area contributed by atoms with Crippen LogP contribution in [-0.4, -0.2) is 83.0 Å². The van der Waals surface area contributed by atoms with Crippen LogP contribution in [0.5, 0.6) is 0 Å². The van der Waals surface area contributed by atoms with Gasteiger partial charge < -0.3 is 35.6 Å². The molecule has 0 aliphatic heterocycles. The smallest absolute Gasteiger partial charge is 0.217 e. The van der Waals surface area contributed by atoms with E-state index in [1.165, 1.54) is 6.21 Å². The van der Waals surface area contributed by atoms with E-state index in [0.717, 1.165) is 13.8 Å². The molecule has 0 bridgehead atoms. The van der Waals surface area contributed by atoms with Crippen molar-refractivity contribution in [3.05, 3.63) is 0 Å². The van der Waals surface area contributed by atoms with Crippen molar-refractivity contribution in [2.24, 2.45) is 16.6 Å². The van der Waals surface area contributed by atoms with Gasteiger partial charge in [0.2, 0.25) is 6.29 Å². The summed E-state index contributed by atoms with van der Waals surface area (Å²) in [4.78, 5) is 15.1. The third-order valence-corrected chi connectivity index (χ3v) is 3.44. The number of rotatable bonds is 12. The van der Waals surface area contributed by atoms with Crippen LogP contribution in [0.4, 0.5) is 0 Å². The van der Waals surface area contributed by atoms with Gasteiger partial charge in [0.25, 0.3) is 0 Å². The molecule has 136 valence electrons. The molecule has 0 rings (SSSR count). The molecule has 6 N–H and O–H groups in total. The molecular weight excluding hydrogens is 308 g/mol. The molecule has 0 aromatic rings. The van der Waals surface area contributed by atoms with Crippen LogP contribution in [0, 0.1) is 5.92 Å². The zero-order chi connectivity index (χ0) is 18.1. The van der Waals surface area contributed by atoms with Crippen LogP contribution >= 0.6 is 0 Å². The summed E-state index contributed by atoms with van der Waals surface area (Å²) >= 11 is 0. The van der Waals surface area contributed by atoms with Crippen molar-refractivity contribution in [2.45, 2.75) is 44.6 Å². The van der Waals surface area contributed by atoms with Crippen molar-refractivity contribution < 1.29 is 34.7 Å². The van der Waals surface area contributed by atoms with E-state index >= 15 is 0 Å². The number of carbonyl (C=O) groups excluding carboxylic acids is 1.